The van der Waals surface area contributed by atoms with E-state index < -0.39 is 11.9 Å². The molecular formula is C20H27N3O4. The van der Waals surface area contributed by atoms with Crippen molar-refractivity contribution in [2.45, 2.75) is 18.8 Å². The predicted octanol–water partition coefficient (Wildman–Crippen LogP) is 1.71. The molecule has 7 nitrogen and oxygen atoms in total. The lowest BCUT2D eigenvalue weighted by atomic mass is 9.89. The zero-order chi connectivity index (χ0) is 19.6. The SMILES string of the molecule is CN(C)C(=O)N1CCC(C(=O)N2C[C@@H](C(=O)O)[C@H](c3ccccc3)C2)CC1. The first-order chi connectivity index (χ1) is 12.9. The molecule has 1 aromatic rings. The average molecular weight is 373 g/mol. The maximum atomic E-state index is 13.0. The second-order valence-corrected chi connectivity index (χ2v) is 7.64. The number of benzene rings is 1. The first kappa shape index (κ1) is 19.2. The number of likely N-dealkylation sites (tertiary alicyclic amines) is 2. The highest BCUT2D eigenvalue weighted by Gasteiger charge is 2.42. The van der Waals surface area contributed by atoms with Gasteiger partial charge in [0.1, 0.15) is 0 Å². The van der Waals surface area contributed by atoms with E-state index in [1.54, 1.807) is 28.8 Å². The van der Waals surface area contributed by atoms with Crippen molar-refractivity contribution < 1.29 is 19.5 Å². The van der Waals surface area contributed by atoms with Gasteiger partial charge in [-0.1, -0.05) is 30.3 Å². The maximum Gasteiger partial charge on any atom is 0.319 e. The molecule has 0 saturated carbocycles. The van der Waals surface area contributed by atoms with Crippen LogP contribution in [0.15, 0.2) is 30.3 Å². The molecule has 1 aromatic carbocycles. The number of carbonyl (C=O) groups is 3. The van der Waals surface area contributed by atoms with Crippen LogP contribution in [0.4, 0.5) is 4.79 Å². The fourth-order valence-corrected chi connectivity index (χ4v) is 4.13. The van der Waals surface area contributed by atoms with Gasteiger partial charge in [0.25, 0.3) is 0 Å². The van der Waals surface area contributed by atoms with Crippen LogP contribution in [0.2, 0.25) is 0 Å². The van der Waals surface area contributed by atoms with E-state index in [-0.39, 0.29) is 30.3 Å². The zero-order valence-electron chi connectivity index (χ0n) is 15.9. The molecule has 2 heterocycles. The molecule has 3 rings (SSSR count). The zero-order valence-corrected chi connectivity index (χ0v) is 15.9. The summed E-state index contributed by atoms with van der Waals surface area (Å²) in [6.07, 6.45) is 1.26. The third kappa shape index (κ3) is 4.07. The molecule has 0 aliphatic carbocycles. The summed E-state index contributed by atoms with van der Waals surface area (Å²) in [5, 5.41) is 9.62. The highest BCUT2D eigenvalue weighted by atomic mass is 16.4. The van der Waals surface area contributed by atoms with Crippen molar-refractivity contribution in [1.82, 2.24) is 14.7 Å². The number of carboxylic acid groups (broad SMARTS) is 1. The molecule has 2 aliphatic rings. The van der Waals surface area contributed by atoms with Crippen LogP contribution in [-0.2, 0) is 9.59 Å². The van der Waals surface area contributed by atoms with Gasteiger partial charge in [0.05, 0.1) is 5.92 Å². The van der Waals surface area contributed by atoms with Gasteiger partial charge in [-0.2, -0.15) is 0 Å². The third-order valence-corrected chi connectivity index (χ3v) is 5.67. The van der Waals surface area contributed by atoms with Gasteiger partial charge in [-0.25, -0.2) is 4.79 Å². The van der Waals surface area contributed by atoms with Gasteiger partial charge in [-0.05, 0) is 18.4 Å². The van der Waals surface area contributed by atoms with E-state index in [1.165, 1.54) is 0 Å². The Hall–Kier alpha value is -2.57. The Morgan fingerprint density at radius 1 is 1.00 bits per heavy atom. The van der Waals surface area contributed by atoms with Gasteiger partial charge in [-0.3, -0.25) is 9.59 Å². The van der Waals surface area contributed by atoms with Crippen molar-refractivity contribution in [3.05, 3.63) is 35.9 Å². The predicted molar refractivity (Wildman–Crippen MR) is 100 cm³/mol. The van der Waals surface area contributed by atoms with Gasteiger partial charge in [0.2, 0.25) is 5.91 Å². The van der Waals surface area contributed by atoms with Crippen LogP contribution >= 0.6 is 0 Å². The van der Waals surface area contributed by atoms with Crippen LogP contribution in [0.3, 0.4) is 0 Å². The Balaban J connectivity index is 1.64. The number of hydrogen-bond acceptors (Lipinski definition) is 3. The van der Waals surface area contributed by atoms with E-state index in [0.717, 1.165) is 5.56 Å². The van der Waals surface area contributed by atoms with Crippen LogP contribution in [0.1, 0.15) is 24.3 Å². The Labute approximate surface area is 159 Å². The van der Waals surface area contributed by atoms with Crippen molar-refractivity contribution in [3.63, 3.8) is 0 Å². The van der Waals surface area contributed by atoms with Gasteiger partial charge in [-0.15, -0.1) is 0 Å². The lowest BCUT2D eigenvalue weighted by molar-refractivity contribution is -0.142. The van der Waals surface area contributed by atoms with Gasteiger partial charge in [0, 0.05) is 52.1 Å². The summed E-state index contributed by atoms with van der Waals surface area (Å²) < 4.78 is 0. The second-order valence-electron chi connectivity index (χ2n) is 7.64. The largest absolute Gasteiger partial charge is 0.481 e. The van der Waals surface area contributed by atoms with Crippen molar-refractivity contribution in [2.75, 3.05) is 40.3 Å². The molecule has 0 aromatic heterocycles. The van der Waals surface area contributed by atoms with E-state index in [1.807, 2.05) is 30.3 Å². The van der Waals surface area contributed by atoms with Crippen LogP contribution in [0.25, 0.3) is 0 Å². The summed E-state index contributed by atoms with van der Waals surface area (Å²) in [5.74, 6) is -1.72. The first-order valence-corrected chi connectivity index (χ1v) is 9.41. The molecule has 0 radical (unpaired) electrons. The third-order valence-electron chi connectivity index (χ3n) is 5.67. The highest BCUT2D eigenvalue weighted by Crippen LogP contribution is 2.34. The van der Waals surface area contributed by atoms with E-state index in [4.69, 9.17) is 0 Å². The summed E-state index contributed by atoms with van der Waals surface area (Å²) in [7, 11) is 3.44. The Bertz CT molecular complexity index is 698. The van der Waals surface area contributed by atoms with Crippen LogP contribution in [0.5, 0.6) is 0 Å². The van der Waals surface area contributed by atoms with Crippen molar-refractivity contribution >= 4 is 17.9 Å². The minimum Gasteiger partial charge on any atom is -0.481 e. The average Bonchev–Trinajstić information content (AvgIpc) is 3.13. The quantitative estimate of drug-likeness (QED) is 0.875. The first-order valence-electron chi connectivity index (χ1n) is 9.41. The topological polar surface area (TPSA) is 81.2 Å². The van der Waals surface area contributed by atoms with Crippen molar-refractivity contribution in [3.8, 4) is 0 Å². The number of carbonyl (C=O) groups excluding carboxylic acids is 2. The number of hydrogen-bond donors (Lipinski definition) is 1. The molecule has 2 atom stereocenters. The van der Waals surface area contributed by atoms with Gasteiger partial charge >= 0.3 is 12.0 Å². The fraction of sp³-hybridized carbons (Fsp3) is 0.550. The molecule has 0 spiro atoms. The van der Waals surface area contributed by atoms with Gasteiger partial charge < -0.3 is 19.8 Å². The number of carboxylic acids is 1. The van der Waals surface area contributed by atoms with Crippen LogP contribution in [-0.4, -0.2) is 78.0 Å². The molecule has 2 aliphatic heterocycles. The maximum absolute atomic E-state index is 13.0. The smallest absolute Gasteiger partial charge is 0.319 e. The van der Waals surface area contributed by atoms with Crippen LogP contribution < -0.4 is 0 Å². The number of piperidine rings is 1. The Kier molecular flexibility index (Phi) is 5.68. The number of amides is 3. The Morgan fingerprint density at radius 3 is 2.19 bits per heavy atom. The Morgan fingerprint density at radius 2 is 1.63 bits per heavy atom. The summed E-state index contributed by atoms with van der Waals surface area (Å²) in [6.45, 7) is 1.82. The molecule has 7 heteroatoms. The number of aliphatic carboxylic acids is 1. The summed E-state index contributed by atoms with van der Waals surface area (Å²) in [5.41, 5.74) is 0.964. The standard InChI is InChI=1S/C20H27N3O4/c1-21(2)20(27)22-10-8-15(9-11-22)18(24)23-12-16(17(13-23)19(25)26)14-6-4-3-5-7-14/h3-7,15-17H,8-13H2,1-2H3,(H,25,26)/t16-,17+/m0/s1. The molecular weight excluding hydrogens is 346 g/mol. The molecule has 2 saturated heterocycles. The van der Waals surface area contributed by atoms with E-state index in [0.29, 0.717) is 32.5 Å². The normalized spacial score (nSPS) is 23.3. The minimum absolute atomic E-state index is 0.0247. The molecule has 2 fully saturated rings. The number of urea groups is 1. The molecule has 146 valence electrons. The lowest BCUT2D eigenvalue weighted by Gasteiger charge is -2.34. The van der Waals surface area contributed by atoms with Crippen molar-refractivity contribution in [1.29, 1.82) is 0 Å². The monoisotopic (exact) mass is 373 g/mol. The number of nitrogens with zero attached hydrogens (tertiary/aromatic N) is 3. The molecule has 0 bridgehead atoms. The van der Waals surface area contributed by atoms with E-state index in [2.05, 4.69) is 0 Å². The summed E-state index contributed by atoms with van der Waals surface area (Å²) >= 11 is 0. The fourth-order valence-electron chi connectivity index (χ4n) is 4.13. The van der Waals surface area contributed by atoms with Gasteiger partial charge in [0.15, 0.2) is 0 Å². The number of rotatable bonds is 3. The summed E-state index contributed by atoms with van der Waals surface area (Å²) in [4.78, 5) is 41.8. The molecule has 27 heavy (non-hydrogen) atoms. The van der Waals surface area contributed by atoms with Crippen molar-refractivity contribution in [2.24, 2.45) is 11.8 Å². The molecule has 0 unspecified atom stereocenters. The lowest BCUT2D eigenvalue weighted by Crippen LogP contribution is -2.47. The minimum atomic E-state index is -0.856. The molecule has 3 amide bonds. The summed E-state index contributed by atoms with van der Waals surface area (Å²) in [6, 6.07) is 9.53. The second kappa shape index (κ2) is 7.98. The molecule has 1 N–H and O–H groups in total. The highest BCUT2D eigenvalue weighted by molar-refractivity contribution is 5.82. The van der Waals surface area contributed by atoms with Crippen LogP contribution in [0, 0.1) is 11.8 Å². The van der Waals surface area contributed by atoms with E-state index >= 15 is 0 Å². The van der Waals surface area contributed by atoms with E-state index in [9.17, 15) is 19.5 Å².